The first kappa shape index (κ1) is 22.8. The number of nitrogens with zero attached hydrogens (tertiary/aromatic N) is 6. The number of hydrogen-bond donors (Lipinski definition) is 1. The van der Waals surface area contributed by atoms with Crippen molar-refractivity contribution >= 4 is 17.1 Å². The quantitative estimate of drug-likeness (QED) is 0.560. The highest BCUT2D eigenvalue weighted by Gasteiger charge is 2.30. The number of ether oxygens (including phenoxy) is 2. The van der Waals surface area contributed by atoms with E-state index in [2.05, 4.69) is 50.5 Å². The minimum Gasteiger partial charge on any atom is -0.473 e. The van der Waals surface area contributed by atoms with Crippen LogP contribution >= 0.6 is 0 Å². The van der Waals surface area contributed by atoms with Crippen LogP contribution in [0.5, 0.6) is 5.88 Å². The average Bonchev–Trinajstić information content (AvgIpc) is 3.50. The second-order valence-electron chi connectivity index (χ2n) is 9.75. The molecule has 2 aromatic heterocycles. The third kappa shape index (κ3) is 4.25. The van der Waals surface area contributed by atoms with Crippen LogP contribution in [0.3, 0.4) is 0 Å². The number of hydrogen-bond acceptors (Lipinski definition) is 8. The first-order valence-electron chi connectivity index (χ1n) is 12.5. The molecule has 1 aromatic carbocycles. The fourth-order valence-electron chi connectivity index (χ4n) is 5.14. The Balaban J connectivity index is 1.23. The van der Waals surface area contributed by atoms with Gasteiger partial charge in [0.25, 0.3) is 0 Å². The monoisotopic (exact) mass is 487 g/mol. The predicted molar refractivity (Wildman–Crippen MR) is 133 cm³/mol. The Kier molecular flexibility index (Phi) is 5.95. The molecular formula is C26H29N7O3. The summed E-state index contributed by atoms with van der Waals surface area (Å²) in [6.45, 7) is 8.33. The summed E-state index contributed by atoms with van der Waals surface area (Å²) in [6.07, 6.45) is 3.52. The van der Waals surface area contributed by atoms with Gasteiger partial charge in [-0.05, 0) is 19.1 Å². The highest BCUT2D eigenvalue weighted by atomic mass is 16.5. The maximum absolute atomic E-state index is 11.7. The second kappa shape index (κ2) is 9.41. The summed E-state index contributed by atoms with van der Waals surface area (Å²) in [5.41, 5.74) is 3.78. The van der Waals surface area contributed by atoms with E-state index in [1.54, 1.807) is 4.52 Å². The number of carbonyl (C=O) groups excluding carboxylic acids is 1. The predicted octanol–water partition coefficient (Wildman–Crippen LogP) is 1.69. The Morgan fingerprint density at radius 2 is 1.97 bits per heavy atom. The summed E-state index contributed by atoms with van der Waals surface area (Å²) < 4.78 is 13.2. The molecule has 0 saturated carbocycles. The van der Waals surface area contributed by atoms with Gasteiger partial charge in [0.2, 0.25) is 11.8 Å². The van der Waals surface area contributed by atoms with Crippen molar-refractivity contribution in [1.82, 2.24) is 24.8 Å². The molecule has 10 heteroatoms. The molecule has 3 aliphatic rings. The molecule has 3 fully saturated rings. The summed E-state index contributed by atoms with van der Waals surface area (Å²) in [5.74, 6) is 0.435. The lowest BCUT2D eigenvalue weighted by molar-refractivity contribution is -0.119. The molecule has 0 radical (unpaired) electrons. The Bertz CT molecular complexity index is 1300. The van der Waals surface area contributed by atoms with Crippen LogP contribution in [0, 0.1) is 17.2 Å². The summed E-state index contributed by atoms with van der Waals surface area (Å²) in [4.78, 5) is 21.4. The Morgan fingerprint density at radius 3 is 2.61 bits per heavy atom. The number of nitriles is 1. The van der Waals surface area contributed by atoms with Crippen LogP contribution in [0.2, 0.25) is 0 Å². The van der Waals surface area contributed by atoms with E-state index in [1.807, 2.05) is 13.1 Å². The zero-order chi connectivity index (χ0) is 24.6. The van der Waals surface area contributed by atoms with E-state index in [9.17, 15) is 10.1 Å². The van der Waals surface area contributed by atoms with Crippen molar-refractivity contribution in [2.24, 2.45) is 5.92 Å². The van der Waals surface area contributed by atoms with Crippen molar-refractivity contribution < 1.29 is 14.3 Å². The highest BCUT2D eigenvalue weighted by Crippen LogP contribution is 2.30. The lowest BCUT2D eigenvalue weighted by Crippen LogP contribution is -2.56. The molecule has 36 heavy (non-hydrogen) atoms. The number of rotatable bonds is 6. The van der Waals surface area contributed by atoms with Gasteiger partial charge >= 0.3 is 0 Å². The van der Waals surface area contributed by atoms with Gasteiger partial charge in [0, 0.05) is 56.3 Å². The Labute approximate surface area is 209 Å². The number of piperazine rings is 1. The summed E-state index contributed by atoms with van der Waals surface area (Å²) >= 11 is 0. The van der Waals surface area contributed by atoms with Gasteiger partial charge in [-0.15, -0.1) is 0 Å². The number of nitrogens with one attached hydrogen (secondary N) is 1. The van der Waals surface area contributed by atoms with Crippen molar-refractivity contribution in [2.75, 3.05) is 50.8 Å². The molecule has 5 heterocycles. The first-order valence-corrected chi connectivity index (χ1v) is 12.5. The van der Waals surface area contributed by atoms with Crippen molar-refractivity contribution in [1.29, 1.82) is 5.26 Å². The number of amides is 1. The SMILES string of the molecule is C[C@@H](Oc1nc(-c2ccc(N3CCN(C4COC4)CC3)cc2)cn2ncc(C#N)c12)C1CNC(=O)C1. The minimum absolute atomic E-state index is 0.0305. The fraction of sp³-hybridized carbons (Fsp3) is 0.462. The van der Waals surface area contributed by atoms with E-state index in [4.69, 9.17) is 14.5 Å². The molecule has 2 atom stereocenters. The van der Waals surface area contributed by atoms with Gasteiger partial charge < -0.3 is 19.7 Å². The molecule has 1 amide bonds. The number of benzene rings is 1. The maximum Gasteiger partial charge on any atom is 0.242 e. The second-order valence-corrected chi connectivity index (χ2v) is 9.75. The standard InChI is InChI=1S/C26H29N7O3/c1-17(19-10-24(34)28-12-19)36-26-25-20(11-27)13-29-33(25)14-23(30-26)18-2-4-21(5-3-18)31-6-8-32(9-7-31)22-15-35-16-22/h2-5,13-14,17,19,22H,6-10,12,15-16H2,1H3,(H,28,34)/t17-,19?/m1/s1. The smallest absolute Gasteiger partial charge is 0.242 e. The zero-order valence-corrected chi connectivity index (χ0v) is 20.3. The Hall–Kier alpha value is -3.68. The number of aromatic nitrogens is 3. The van der Waals surface area contributed by atoms with Crippen LogP contribution in [0.1, 0.15) is 18.9 Å². The van der Waals surface area contributed by atoms with E-state index in [0.717, 1.165) is 45.0 Å². The Morgan fingerprint density at radius 1 is 1.19 bits per heavy atom. The van der Waals surface area contributed by atoms with Crippen molar-refractivity contribution in [3.8, 4) is 23.2 Å². The van der Waals surface area contributed by atoms with Crippen LogP contribution in [-0.2, 0) is 9.53 Å². The molecule has 186 valence electrons. The van der Waals surface area contributed by atoms with E-state index in [-0.39, 0.29) is 17.9 Å². The van der Waals surface area contributed by atoms with Crippen LogP contribution in [-0.4, -0.2) is 83.5 Å². The average molecular weight is 488 g/mol. The lowest BCUT2D eigenvalue weighted by Gasteiger charge is -2.43. The topological polar surface area (TPSA) is 108 Å². The summed E-state index contributed by atoms with van der Waals surface area (Å²) in [7, 11) is 0. The largest absolute Gasteiger partial charge is 0.473 e. The molecule has 3 aliphatic heterocycles. The third-order valence-electron chi connectivity index (χ3n) is 7.53. The highest BCUT2D eigenvalue weighted by molar-refractivity contribution is 5.78. The molecule has 1 N–H and O–H groups in total. The van der Waals surface area contributed by atoms with Crippen molar-refractivity contribution in [2.45, 2.75) is 25.5 Å². The van der Waals surface area contributed by atoms with Gasteiger partial charge in [-0.25, -0.2) is 9.50 Å². The van der Waals surface area contributed by atoms with Gasteiger partial charge in [-0.3, -0.25) is 9.69 Å². The molecule has 0 spiro atoms. The van der Waals surface area contributed by atoms with Crippen LogP contribution in [0.25, 0.3) is 16.8 Å². The van der Waals surface area contributed by atoms with Gasteiger partial charge in [0.05, 0.1) is 37.3 Å². The van der Waals surface area contributed by atoms with Crippen LogP contribution in [0.15, 0.2) is 36.7 Å². The van der Waals surface area contributed by atoms with E-state index in [1.165, 1.54) is 11.9 Å². The summed E-state index contributed by atoms with van der Waals surface area (Å²) in [5, 5.41) is 16.8. The molecule has 10 nitrogen and oxygen atoms in total. The van der Waals surface area contributed by atoms with Gasteiger partial charge in [0.1, 0.15) is 23.3 Å². The van der Waals surface area contributed by atoms with Gasteiger partial charge in [-0.1, -0.05) is 12.1 Å². The van der Waals surface area contributed by atoms with E-state index >= 15 is 0 Å². The summed E-state index contributed by atoms with van der Waals surface area (Å²) in [6, 6.07) is 11.2. The molecular weight excluding hydrogens is 458 g/mol. The van der Waals surface area contributed by atoms with Crippen molar-refractivity contribution in [3.05, 3.63) is 42.2 Å². The molecule has 0 aliphatic carbocycles. The van der Waals surface area contributed by atoms with Crippen LogP contribution in [0.4, 0.5) is 5.69 Å². The lowest BCUT2D eigenvalue weighted by atomic mass is 10.0. The first-order chi connectivity index (χ1) is 17.6. The zero-order valence-electron chi connectivity index (χ0n) is 20.3. The maximum atomic E-state index is 11.7. The van der Waals surface area contributed by atoms with Crippen LogP contribution < -0.4 is 15.0 Å². The third-order valence-corrected chi connectivity index (χ3v) is 7.53. The van der Waals surface area contributed by atoms with Crippen molar-refractivity contribution in [3.63, 3.8) is 0 Å². The molecule has 1 unspecified atom stereocenters. The molecule has 3 saturated heterocycles. The minimum atomic E-state index is -0.246. The molecule has 0 bridgehead atoms. The van der Waals surface area contributed by atoms with Gasteiger partial charge in [0.15, 0.2) is 0 Å². The number of carbonyl (C=O) groups is 1. The van der Waals surface area contributed by atoms with E-state index in [0.29, 0.717) is 41.7 Å². The van der Waals surface area contributed by atoms with E-state index < -0.39 is 0 Å². The van der Waals surface area contributed by atoms with Gasteiger partial charge in [-0.2, -0.15) is 10.4 Å². The normalized spacial score (nSPS) is 21.7. The fourth-order valence-corrected chi connectivity index (χ4v) is 5.14. The molecule has 3 aromatic rings. The number of fused-ring (bicyclic) bond motifs is 1. The molecule has 6 rings (SSSR count). The number of anilines is 1.